The van der Waals surface area contributed by atoms with Gasteiger partial charge < -0.3 is 16.0 Å². The Labute approximate surface area is 137 Å². The minimum Gasteiger partial charge on any atom is -0.376 e. The molecule has 0 saturated heterocycles. The second kappa shape index (κ2) is 7.61. The van der Waals surface area contributed by atoms with Crippen LogP contribution in [-0.2, 0) is 9.59 Å². The second-order valence-corrected chi connectivity index (χ2v) is 5.59. The fourth-order valence-corrected chi connectivity index (χ4v) is 2.10. The van der Waals surface area contributed by atoms with Gasteiger partial charge in [0.15, 0.2) is 0 Å². The molecule has 0 radical (unpaired) electrons. The summed E-state index contributed by atoms with van der Waals surface area (Å²) >= 11 is 3.34. The van der Waals surface area contributed by atoms with Crippen LogP contribution in [0.25, 0.3) is 0 Å². The van der Waals surface area contributed by atoms with Gasteiger partial charge >= 0.3 is 0 Å². The number of rotatable bonds is 5. The third-order valence-electron chi connectivity index (χ3n) is 2.76. The molecule has 2 aromatic carbocycles. The summed E-state index contributed by atoms with van der Waals surface area (Å²) in [6.07, 6.45) is 0. The van der Waals surface area contributed by atoms with Gasteiger partial charge in [0.1, 0.15) is 0 Å². The first-order valence-electron chi connectivity index (χ1n) is 6.70. The molecule has 0 saturated carbocycles. The molecule has 0 heterocycles. The molecule has 6 heteroatoms. The summed E-state index contributed by atoms with van der Waals surface area (Å²) < 4.78 is 0.957. The zero-order valence-electron chi connectivity index (χ0n) is 12.0. The Morgan fingerprint density at radius 1 is 0.955 bits per heavy atom. The largest absolute Gasteiger partial charge is 0.376 e. The van der Waals surface area contributed by atoms with Gasteiger partial charge in [-0.15, -0.1) is 0 Å². The molecular formula is C16H16BrN3O2. The molecule has 2 amide bonds. The predicted molar refractivity (Wildman–Crippen MR) is 92.0 cm³/mol. The van der Waals surface area contributed by atoms with E-state index >= 15 is 0 Å². The molecule has 0 atom stereocenters. The number of anilines is 3. The lowest BCUT2D eigenvalue weighted by atomic mass is 10.2. The minimum atomic E-state index is -0.146. The summed E-state index contributed by atoms with van der Waals surface area (Å²) in [5.74, 6) is -0.280. The molecule has 0 bridgehead atoms. The molecule has 0 aromatic heterocycles. The van der Waals surface area contributed by atoms with Crippen molar-refractivity contribution < 1.29 is 9.59 Å². The Hall–Kier alpha value is -2.34. The van der Waals surface area contributed by atoms with Gasteiger partial charge in [0.05, 0.1) is 6.54 Å². The highest BCUT2D eigenvalue weighted by Gasteiger charge is 2.03. The second-order valence-electron chi connectivity index (χ2n) is 4.67. The van der Waals surface area contributed by atoms with Crippen LogP contribution < -0.4 is 16.0 Å². The van der Waals surface area contributed by atoms with E-state index in [1.54, 1.807) is 18.2 Å². The van der Waals surface area contributed by atoms with Crippen molar-refractivity contribution >= 4 is 44.8 Å². The Morgan fingerprint density at radius 2 is 1.64 bits per heavy atom. The molecule has 0 aliphatic heterocycles. The van der Waals surface area contributed by atoms with Crippen LogP contribution >= 0.6 is 15.9 Å². The van der Waals surface area contributed by atoms with Gasteiger partial charge in [0, 0.05) is 28.5 Å². The van der Waals surface area contributed by atoms with Crippen molar-refractivity contribution in [1.82, 2.24) is 0 Å². The smallest absolute Gasteiger partial charge is 0.243 e. The van der Waals surface area contributed by atoms with Crippen LogP contribution in [-0.4, -0.2) is 18.4 Å². The number of amides is 2. The maximum atomic E-state index is 11.9. The maximum Gasteiger partial charge on any atom is 0.243 e. The van der Waals surface area contributed by atoms with Crippen LogP contribution in [0.5, 0.6) is 0 Å². The van der Waals surface area contributed by atoms with Crippen LogP contribution in [0.2, 0.25) is 0 Å². The predicted octanol–water partition coefficient (Wildman–Crippen LogP) is 3.46. The van der Waals surface area contributed by atoms with Gasteiger partial charge in [-0.05, 0) is 42.5 Å². The van der Waals surface area contributed by atoms with E-state index in [-0.39, 0.29) is 18.4 Å². The molecule has 0 unspecified atom stereocenters. The van der Waals surface area contributed by atoms with Gasteiger partial charge in [-0.2, -0.15) is 0 Å². The van der Waals surface area contributed by atoms with Gasteiger partial charge in [-0.25, -0.2) is 0 Å². The summed E-state index contributed by atoms with van der Waals surface area (Å²) in [6.45, 7) is 1.59. The zero-order chi connectivity index (χ0) is 15.9. The molecule has 114 valence electrons. The number of hydrogen-bond acceptors (Lipinski definition) is 3. The van der Waals surface area contributed by atoms with Crippen LogP contribution in [0, 0.1) is 0 Å². The van der Waals surface area contributed by atoms with E-state index in [0.29, 0.717) is 5.69 Å². The van der Waals surface area contributed by atoms with Gasteiger partial charge in [-0.3, -0.25) is 9.59 Å². The summed E-state index contributed by atoms with van der Waals surface area (Å²) in [5, 5.41) is 8.51. The van der Waals surface area contributed by atoms with E-state index in [0.717, 1.165) is 15.8 Å². The first-order chi connectivity index (χ1) is 10.5. The summed E-state index contributed by atoms with van der Waals surface area (Å²) in [5.41, 5.74) is 2.19. The summed E-state index contributed by atoms with van der Waals surface area (Å²) in [7, 11) is 0. The standard InChI is InChI=1S/C16H16BrN3O2/c1-11(21)19-15-4-2-3-14(9-15)18-10-16(22)20-13-7-5-12(17)6-8-13/h2-9,18H,10H2,1H3,(H,19,21)(H,20,22). The number of carbonyl (C=O) groups excluding carboxylic acids is 2. The van der Waals surface area contributed by atoms with E-state index in [4.69, 9.17) is 0 Å². The van der Waals surface area contributed by atoms with Crippen LogP contribution in [0.1, 0.15) is 6.92 Å². The summed E-state index contributed by atoms with van der Waals surface area (Å²) in [6, 6.07) is 14.6. The first-order valence-corrected chi connectivity index (χ1v) is 7.49. The lowest BCUT2D eigenvalue weighted by molar-refractivity contribution is -0.115. The summed E-state index contributed by atoms with van der Waals surface area (Å²) in [4.78, 5) is 22.9. The Morgan fingerprint density at radius 3 is 2.32 bits per heavy atom. The molecule has 5 nitrogen and oxygen atoms in total. The van der Waals surface area contributed by atoms with E-state index < -0.39 is 0 Å². The minimum absolute atomic E-state index is 0.134. The number of hydrogen-bond donors (Lipinski definition) is 3. The molecular weight excluding hydrogens is 346 g/mol. The fraction of sp³-hybridized carbons (Fsp3) is 0.125. The van der Waals surface area contributed by atoms with Crippen molar-refractivity contribution in [3.05, 3.63) is 53.0 Å². The quantitative estimate of drug-likeness (QED) is 0.763. The maximum absolute atomic E-state index is 11.9. The number of carbonyl (C=O) groups is 2. The van der Waals surface area contributed by atoms with Gasteiger partial charge in [0.2, 0.25) is 11.8 Å². The normalized spacial score (nSPS) is 9.91. The molecule has 22 heavy (non-hydrogen) atoms. The van der Waals surface area contributed by atoms with Crippen LogP contribution in [0.4, 0.5) is 17.1 Å². The van der Waals surface area contributed by atoms with Crippen molar-refractivity contribution in [2.45, 2.75) is 6.92 Å². The molecule has 0 spiro atoms. The van der Waals surface area contributed by atoms with Gasteiger partial charge in [-0.1, -0.05) is 22.0 Å². The lowest BCUT2D eigenvalue weighted by Crippen LogP contribution is -2.21. The van der Waals surface area contributed by atoms with Gasteiger partial charge in [0.25, 0.3) is 0 Å². The van der Waals surface area contributed by atoms with Crippen molar-refractivity contribution in [1.29, 1.82) is 0 Å². The Kier molecular flexibility index (Phi) is 5.55. The molecule has 3 N–H and O–H groups in total. The fourth-order valence-electron chi connectivity index (χ4n) is 1.83. The third-order valence-corrected chi connectivity index (χ3v) is 3.29. The third kappa shape index (κ3) is 5.21. The average molecular weight is 362 g/mol. The van der Waals surface area contributed by atoms with E-state index in [1.807, 2.05) is 30.3 Å². The van der Waals surface area contributed by atoms with E-state index in [2.05, 4.69) is 31.9 Å². The van der Waals surface area contributed by atoms with Crippen LogP contribution in [0.15, 0.2) is 53.0 Å². The number of nitrogens with one attached hydrogen (secondary N) is 3. The van der Waals surface area contributed by atoms with Crippen molar-refractivity contribution in [2.75, 3.05) is 22.5 Å². The molecule has 0 fully saturated rings. The lowest BCUT2D eigenvalue weighted by Gasteiger charge is -2.09. The highest BCUT2D eigenvalue weighted by Crippen LogP contribution is 2.16. The Balaban J connectivity index is 1.88. The highest BCUT2D eigenvalue weighted by atomic mass is 79.9. The Bertz CT molecular complexity index is 671. The molecule has 2 rings (SSSR count). The number of halogens is 1. The average Bonchev–Trinajstić information content (AvgIpc) is 2.47. The molecule has 0 aliphatic carbocycles. The zero-order valence-corrected chi connectivity index (χ0v) is 13.6. The SMILES string of the molecule is CC(=O)Nc1cccc(NCC(=O)Nc2ccc(Br)cc2)c1. The topological polar surface area (TPSA) is 70.2 Å². The van der Waals surface area contributed by atoms with E-state index in [9.17, 15) is 9.59 Å². The monoisotopic (exact) mass is 361 g/mol. The highest BCUT2D eigenvalue weighted by molar-refractivity contribution is 9.10. The number of benzene rings is 2. The van der Waals surface area contributed by atoms with Crippen molar-refractivity contribution in [3.8, 4) is 0 Å². The van der Waals surface area contributed by atoms with Crippen molar-refractivity contribution in [2.24, 2.45) is 0 Å². The van der Waals surface area contributed by atoms with E-state index in [1.165, 1.54) is 6.92 Å². The molecule has 2 aromatic rings. The van der Waals surface area contributed by atoms with Crippen molar-refractivity contribution in [3.63, 3.8) is 0 Å². The molecule has 0 aliphatic rings. The van der Waals surface area contributed by atoms with Crippen LogP contribution in [0.3, 0.4) is 0 Å². The first kappa shape index (κ1) is 16.0.